The van der Waals surface area contributed by atoms with Crippen LogP contribution in [0.1, 0.15) is 22.2 Å². The van der Waals surface area contributed by atoms with Crippen LogP contribution in [0.4, 0.5) is 11.5 Å². The van der Waals surface area contributed by atoms with Gasteiger partial charge in [0.2, 0.25) is 0 Å². The van der Waals surface area contributed by atoms with Crippen molar-refractivity contribution in [1.29, 1.82) is 0 Å². The van der Waals surface area contributed by atoms with E-state index in [1.165, 1.54) is 4.88 Å². The summed E-state index contributed by atoms with van der Waals surface area (Å²) in [5, 5.41) is 4.38. The summed E-state index contributed by atoms with van der Waals surface area (Å²) in [4.78, 5) is 22.9. The van der Waals surface area contributed by atoms with Crippen molar-refractivity contribution in [3.63, 3.8) is 0 Å². The first-order chi connectivity index (χ1) is 13.7. The number of esters is 1. The van der Waals surface area contributed by atoms with Gasteiger partial charge in [-0.1, -0.05) is 30.3 Å². The average Bonchev–Trinajstić information content (AvgIpc) is 3.06. The molecule has 0 unspecified atom stereocenters. The highest BCUT2D eigenvalue weighted by Gasteiger charge is 2.17. The maximum atomic E-state index is 11.8. The summed E-state index contributed by atoms with van der Waals surface area (Å²) in [6.45, 7) is 4.26. The molecule has 0 spiro atoms. The fraction of sp³-hybridized carbons (Fsp3) is 0.136. The topological polar surface area (TPSA) is 64.1 Å². The molecule has 0 aliphatic carbocycles. The first kappa shape index (κ1) is 18.1. The van der Waals surface area contributed by atoms with E-state index in [2.05, 4.69) is 34.3 Å². The van der Waals surface area contributed by atoms with Gasteiger partial charge < -0.3 is 10.1 Å². The van der Waals surface area contributed by atoms with Crippen molar-refractivity contribution < 1.29 is 9.53 Å². The van der Waals surface area contributed by atoms with Crippen molar-refractivity contribution in [3.05, 3.63) is 71.4 Å². The third-order valence-electron chi connectivity index (χ3n) is 4.39. The molecule has 2 aromatic carbocycles. The van der Waals surface area contributed by atoms with Gasteiger partial charge in [0.15, 0.2) is 0 Å². The molecule has 140 valence electrons. The number of benzene rings is 2. The molecule has 0 saturated carbocycles. The lowest BCUT2D eigenvalue weighted by Crippen LogP contribution is -2.04. The maximum Gasteiger partial charge on any atom is 0.338 e. The second-order valence-electron chi connectivity index (χ2n) is 6.22. The second-order valence-corrected chi connectivity index (χ2v) is 7.43. The Kier molecular flexibility index (Phi) is 5.04. The smallest absolute Gasteiger partial charge is 0.338 e. The van der Waals surface area contributed by atoms with Crippen LogP contribution >= 0.6 is 11.3 Å². The van der Waals surface area contributed by atoms with Crippen LogP contribution in [0, 0.1) is 6.92 Å². The van der Waals surface area contributed by atoms with Crippen LogP contribution in [-0.4, -0.2) is 22.5 Å². The SMILES string of the molecule is CCOC(=O)c1ccc(Nc2ncnc3sc(C)c(-c4ccccc4)c23)cc1. The third-order valence-corrected chi connectivity index (χ3v) is 5.40. The van der Waals surface area contributed by atoms with E-state index in [9.17, 15) is 4.79 Å². The number of carbonyl (C=O) groups is 1. The minimum atomic E-state index is -0.321. The molecule has 5 nitrogen and oxygen atoms in total. The van der Waals surface area contributed by atoms with Crippen molar-refractivity contribution in [2.45, 2.75) is 13.8 Å². The van der Waals surface area contributed by atoms with Gasteiger partial charge in [-0.15, -0.1) is 11.3 Å². The number of hydrogen-bond donors (Lipinski definition) is 1. The number of nitrogens with one attached hydrogen (secondary N) is 1. The van der Waals surface area contributed by atoms with Crippen LogP contribution in [0.25, 0.3) is 21.3 Å². The Hall–Kier alpha value is -3.25. The number of fused-ring (bicyclic) bond motifs is 1. The van der Waals surface area contributed by atoms with E-state index in [4.69, 9.17) is 4.74 Å². The van der Waals surface area contributed by atoms with Gasteiger partial charge >= 0.3 is 5.97 Å². The number of anilines is 2. The number of nitrogens with zero attached hydrogens (tertiary/aromatic N) is 2. The zero-order chi connectivity index (χ0) is 19.5. The van der Waals surface area contributed by atoms with Gasteiger partial charge in [-0.05, 0) is 43.7 Å². The molecule has 2 aromatic heterocycles. The summed E-state index contributed by atoms with van der Waals surface area (Å²) in [7, 11) is 0. The fourth-order valence-electron chi connectivity index (χ4n) is 3.13. The van der Waals surface area contributed by atoms with Gasteiger partial charge in [-0.2, -0.15) is 0 Å². The maximum absolute atomic E-state index is 11.8. The van der Waals surface area contributed by atoms with Crippen molar-refractivity contribution in [1.82, 2.24) is 9.97 Å². The van der Waals surface area contributed by atoms with E-state index >= 15 is 0 Å². The van der Waals surface area contributed by atoms with Crippen LogP contribution in [0.3, 0.4) is 0 Å². The summed E-state index contributed by atoms with van der Waals surface area (Å²) >= 11 is 1.66. The minimum Gasteiger partial charge on any atom is -0.462 e. The van der Waals surface area contributed by atoms with Gasteiger partial charge in [0, 0.05) is 16.1 Å². The molecule has 6 heteroatoms. The Bertz CT molecular complexity index is 1120. The molecule has 0 radical (unpaired) electrons. The van der Waals surface area contributed by atoms with Crippen LogP contribution < -0.4 is 5.32 Å². The third kappa shape index (κ3) is 3.46. The van der Waals surface area contributed by atoms with E-state index < -0.39 is 0 Å². The number of hydrogen-bond acceptors (Lipinski definition) is 6. The average molecular weight is 389 g/mol. The molecule has 0 aliphatic rings. The number of carbonyl (C=O) groups excluding carboxylic acids is 1. The number of ether oxygens (including phenoxy) is 1. The molecule has 28 heavy (non-hydrogen) atoms. The van der Waals surface area contributed by atoms with Crippen molar-refractivity contribution in [2.24, 2.45) is 0 Å². The number of aryl methyl sites for hydroxylation is 1. The van der Waals surface area contributed by atoms with Crippen molar-refractivity contribution in [3.8, 4) is 11.1 Å². The minimum absolute atomic E-state index is 0.321. The van der Waals surface area contributed by atoms with Crippen molar-refractivity contribution in [2.75, 3.05) is 11.9 Å². The summed E-state index contributed by atoms with van der Waals surface area (Å²) in [6.07, 6.45) is 1.57. The summed E-state index contributed by atoms with van der Waals surface area (Å²) in [6, 6.07) is 17.5. The van der Waals surface area contributed by atoms with E-state index in [1.807, 2.05) is 30.3 Å². The van der Waals surface area contributed by atoms with Gasteiger partial charge in [0.1, 0.15) is 17.0 Å². The molecule has 0 saturated heterocycles. The monoisotopic (exact) mass is 389 g/mol. The van der Waals surface area contributed by atoms with Crippen LogP contribution in [-0.2, 0) is 4.74 Å². The molecule has 0 fully saturated rings. The lowest BCUT2D eigenvalue weighted by atomic mass is 10.0. The predicted molar refractivity (Wildman–Crippen MR) is 113 cm³/mol. The molecule has 2 heterocycles. The van der Waals surface area contributed by atoms with Gasteiger partial charge in [0.05, 0.1) is 17.6 Å². The van der Waals surface area contributed by atoms with E-state index in [0.717, 1.165) is 32.8 Å². The zero-order valence-corrected chi connectivity index (χ0v) is 16.4. The highest BCUT2D eigenvalue weighted by molar-refractivity contribution is 7.19. The van der Waals surface area contributed by atoms with Gasteiger partial charge in [-0.3, -0.25) is 0 Å². The number of aromatic nitrogens is 2. The first-order valence-electron chi connectivity index (χ1n) is 9.01. The molecule has 0 atom stereocenters. The zero-order valence-electron chi connectivity index (χ0n) is 15.6. The van der Waals surface area contributed by atoms with Crippen molar-refractivity contribution >= 4 is 39.0 Å². The summed E-state index contributed by atoms with van der Waals surface area (Å²) in [5.74, 6) is 0.426. The molecular formula is C22H19N3O2S. The summed E-state index contributed by atoms with van der Waals surface area (Å²) < 4.78 is 5.03. The molecule has 0 aliphatic heterocycles. The predicted octanol–water partition coefficient (Wildman–Crippen LogP) is 5.59. The highest BCUT2D eigenvalue weighted by atomic mass is 32.1. The number of rotatable bonds is 5. The summed E-state index contributed by atoms with van der Waals surface area (Å²) in [5.41, 5.74) is 3.65. The quantitative estimate of drug-likeness (QED) is 0.451. The lowest BCUT2D eigenvalue weighted by Gasteiger charge is -2.10. The molecule has 1 N–H and O–H groups in total. The lowest BCUT2D eigenvalue weighted by molar-refractivity contribution is 0.0526. The largest absolute Gasteiger partial charge is 0.462 e. The molecule has 0 amide bonds. The van der Waals surface area contributed by atoms with E-state index in [-0.39, 0.29) is 5.97 Å². The fourth-order valence-corrected chi connectivity index (χ4v) is 4.14. The number of thiophene rings is 1. The van der Waals surface area contributed by atoms with Gasteiger partial charge in [0.25, 0.3) is 0 Å². The molecular weight excluding hydrogens is 370 g/mol. The Morgan fingerprint density at radius 1 is 1.07 bits per heavy atom. The molecule has 4 rings (SSSR count). The standard InChI is InChI=1S/C22H19N3O2S/c1-3-27-22(26)16-9-11-17(12-10-16)25-20-19-18(15-7-5-4-6-8-15)14(2)28-21(19)24-13-23-20/h4-13H,3H2,1-2H3,(H,23,24,25). The first-order valence-corrected chi connectivity index (χ1v) is 9.82. The van der Waals surface area contributed by atoms with E-state index in [0.29, 0.717) is 12.2 Å². The van der Waals surface area contributed by atoms with Crippen LogP contribution in [0.5, 0.6) is 0 Å². The van der Waals surface area contributed by atoms with Gasteiger partial charge in [-0.25, -0.2) is 14.8 Å². The molecule has 0 bridgehead atoms. The molecule has 4 aromatic rings. The Morgan fingerprint density at radius 2 is 1.82 bits per heavy atom. The van der Waals surface area contributed by atoms with Crippen LogP contribution in [0.2, 0.25) is 0 Å². The Balaban J connectivity index is 1.73. The normalized spacial score (nSPS) is 10.8. The Morgan fingerprint density at radius 3 is 2.54 bits per heavy atom. The second kappa shape index (κ2) is 7.78. The highest BCUT2D eigenvalue weighted by Crippen LogP contribution is 2.40. The Labute approximate surface area is 167 Å². The van der Waals surface area contributed by atoms with Crippen LogP contribution in [0.15, 0.2) is 60.9 Å². The van der Waals surface area contributed by atoms with E-state index in [1.54, 1.807) is 36.7 Å².